The summed E-state index contributed by atoms with van der Waals surface area (Å²) in [4.78, 5) is 0. The van der Waals surface area contributed by atoms with Gasteiger partial charge in [0.2, 0.25) is 0 Å². The molecule has 0 fully saturated rings. The zero-order valence-electron chi connectivity index (χ0n) is 9.84. The average molecular weight is 366 g/mol. The number of rotatable bonds is 0. The van der Waals surface area contributed by atoms with Gasteiger partial charge in [-0.05, 0) is 4.44 Å². The van der Waals surface area contributed by atoms with Crippen LogP contribution in [0.15, 0.2) is 22.2 Å². The van der Waals surface area contributed by atoms with Crippen molar-refractivity contribution in [2.24, 2.45) is 0 Å². The lowest BCUT2D eigenvalue weighted by molar-refractivity contribution is -0.136. The summed E-state index contributed by atoms with van der Waals surface area (Å²) in [6.07, 6.45) is -19.2. The van der Waals surface area contributed by atoms with Crippen LogP contribution < -0.4 is 0 Å². The van der Waals surface area contributed by atoms with Gasteiger partial charge in [-0.3, -0.25) is 0 Å². The molecule has 0 bridgehead atoms. The number of allylic oxidation sites excluding steroid dienone is 4. The molecular weight excluding hydrogens is 363 g/mol. The van der Waals surface area contributed by atoms with Crippen LogP contribution in [0, 0.1) is 0 Å². The first-order valence-corrected chi connectivity index (χ1v) is 6.99. The quantitative estimate of drug-likeness (QED) is 0.416. The minimum absolute atomic E-state index is 0.820. The lowest BCUT2D eigenvalue weighted by Gasteiger charge is -2.31. The van der Waals surface area contributed by atoms with E-state index in [4.69, 9.17) is 0 Å². The number of alkyl halides is 12. The van der Waals surface area contributed by atoms with Gasteiger partial charge in [0.25, 0.3) is 0 Å². The van der Waals surface area contributed by atoms with Gasteiger partial charge in [-0.25, -0.2) is 0 Å². The van der Waals surface area contributed by atoms with Gasteiger partial charge < -0.3 is 0 Å². The van der Waals surface area contributed by atoms with E-state index >= 15 is 0 Å². The Morgan fingerprint density at radius 3 is 1.45 bits per heavy atom. The molecule has 0 aromatic rings. The lowest BCUT2D eigenvalue weighted by atomic mass is 10.1. The molecule has 1 heterocycles. The van der Waals surface area contributed by atoms with Gasteiger partial charge in [0.15, 0.2) is 0 Å². The Kier molecular flexibility index (Phi) is 4.69. The molecule has 13 heteroatoms. The Morgan fingerprint density at radius 1 is 0.727 bits per heavy atom. The first-order valence-electron chi connectivity index (χ1n) is 5.17. The molecule has 1 aliphatic rings. The summed E-state index contributed by atoms with van der Waals surface area (Å²) < 4.78 is 144. The maximum atomic E-state index is 12.6. The van der Waals surface area contributed by atoms with Crippen molar-refractivity contribution in [3.05, 3.63) is 22.2 Å². The van der Waals surface area contributed by atoms with Crippen molar-refractivity contribution >= 4 is 14.1 Å². The maximum Gasteiger partial charge on any atom is 0.489 e. The molecule has 0 radical (unpaired) electrons. The molecule has 1 unspecified atom stereocenters. The molecule has 0 saturated carbocycles. The van der Waals surface area contributed by atoms with E-state index in [9.17, 15) is 52.7 Å². The van der Waals surface area contributed by atoms with E-state index in [0.717, 1.165) is 0 Å². The third-order valence-electron chi connectivity index (χ3n) is 2.75. The molecule has 0 aromatic carbocycles. The number of halogens is 12. The van der Waals surface area contributed by atoms with Crippen LogP contribution in [-0.2, 0) is 0 Å². The van der Waals surface area contributed by atoms with Crippen LogP contribution in [0.25, 0.3) is 0 Å². The predicted molar refractivity (Wildman–Crippen MR) is 49.9 cm³/mol. The molecule has 1 atom stereocenters. The Morgan fingerprint density at radius 2 is 1.18 bits per heavy atom. The first-order chi connectivity index (χ1) is 9.45. The summed E-state index contributed by atoms with van der Waals surface area (Å²) in [6, 6.07) is 0. The van der Waals surface area contributed by atoms with Gasteiger partial charge >= 0.3 is 37.7 Å². The van der Waals surface area contributed by atoms with Crippen molar-refractivity contribution in [1.82, 2.24) is 0 Å². The van der Waals surface area contributed by atoms with Crippen LogP contribution in [0.4, 0.5) is 52.7 Å². The summed E-state index contributed by atoms with van der Waals surface area (Å²) in [5, 5.41) is -5.89. The fourth-order valence-electron chi connectivity index (χ4n) is 1.89. The van der Waals surface area contributed by atoms with Crippen molar-refractivity contribution < 1.29 is 52.7 Å². The maximum absolute atomic E-state index is 12.6. The highest BCUT2D eigenvalue weighted by molar-refractivity contribution is 6.71. The first kappa shape index (κ1) is 19.2. The van der Waals surface area contributed by atoms with E-state index in [2.05, 4.69) is 0 Å². The molecule has 0 aliphatic carbocycles. The largest absolute Gasteiger partial charge is 0.489 e. The fourth-order valence-corrected chi connectivity index (χ4v) is 4.52. The SMILES string of the molecule is FC(F)(F)C1=C[CH](C(F)(F)F)[Al]([C](F)(F)F)[C](C(F)(F)F)=C1. The second-order valence-electron chi connectivity index (χ2n) is 4.30. The molecule has 0 spiro atoms. The monoisotopic (exact) mass is 366 g/mol. The van der Waals surface area contributed by atoms with E-state index in [1.807, 2.05) is 0 Å². The van der Waals surface area contributed by atoms with Gasteiger partial charge in [0.1, 0.15) is 0 Å². The Balaban J connectivity index is 3.61. The van der Waals surface area contributed by atoms with Crippen LogP contribution in [0.2, 0.25) is 4.78 Å². The van der Waals surface area contributed by atoms with E-state index in [1.165, 1.54) is 0 Å². The van der Waals surface area contributed by atoms with Crippen LogP contribution in [-0.4, -0.2) is 37.7 Å². The minimum atomic E-state index is -5.94. The van der Waals surface area contributed by atoms with Crippen molar-refractivity contribution in [2.45, 2.75) is 28.3 Å². The Bertz CT molecular complexity index is 485. The van der Waals surface area contributed by atoms with Crippen molar-refractivity contribution in [2.75, 3.05) is 0 Å². The van der Waals surface area contributed by atoms with Crippen molar-refractivity contribution in [3.63, 3.8) is 0 Å². The van der Waals surface area contributed by atoms with Crippen LogP contribution in [0.3, 0.4) is 0 Å². The molecular formula is C9H3AlF12. The second kappa shape index (κ2) is 5.37. The van der Waals surface area contributed by atoms with Gasteiger partial charge in [-0.1, -0.05) is 12.2 Å². The topological polar surface area (TPSA) is 0 Å². The van der Waals surface area contributed by atoms with Gasteiger partial charge in [-0.2, -0.15) is 52.7 Å². The van der Waals surface area contributed by atoms with E-state index in [0.29, 0.717) is 0 Å². The summed E-state index contributed by atoms with van der Waals surface area (Å²) in [6.45, 7) is 0. The number of hydrogen-bond acceptors (Lipinski definition) is 0. The number of hydrogen-bond donors (Lipinski definition) is 0. The summed E-state index contributed by atoms with van der Waals surface area (Å²) in [5.41, 5.74) is -2.39. The van der Waals surface area contributed by atoms with Crippen LogP contribution >= 0.6 is 0 Å². The second-order valence-corrected chi connectivity index (χ2v) is 7.25. The molecule has 22 heavy (non-hydrogen) atoms. The van der Waals surface area contributed by atoms with Gasteiger partial charge in [0.05, 0.1) is 0 Å². The lowest BCUT2D eigenvalue weighted by Crippen LogP contribution is -2.50. The predicted octanol–water partition coefficient (Wildman–Crippen LogP) is 5.05. The highest BCUT2D eigenvalue weighted by Crippen LogP contribution is 2.51. The van der Waals surface area contributed by atoms with E-state index < -0.39 is 64.7 Å². The average Bonchev–Trinajstić information content (AvgIpc) is 2.22. The highest BCUT2D eigenvalue weighted by Gasteiger charge is 2.67. The molecule has 0 nitrogen and oxygen atoms in total. The molecule has 0 N–H and O–H groups in total. The minimum Gasteiger partial charge on any atom is -0.190 e. The molecule has 0 aromatic heterocycles. The summed E-state index contributed by atoms with van der Waals surface area (Å²) in [7, 11) is 0. The van der Waals surface area contributed by atoms with Crippen LogP contribution in [0.1, 0.15) is 0 Å². The van der Waals surface area contributed by atoms with E-state index in [1.54, 1.807) is 0 Å². The summed E-state index contributed by atoms with van der Waals surface area (Å²) >= 11 is -5.87. The Labute approximate surface area is 118 Å². The summed E-state index contributed by atoms with van der Waals surface area (Å²) in [5.74, 6) is 0. The van der Waals surface area contributed by atoms with Gasteiger partial charge in [0, 0.05) is 10.4 Å². The van der Waals surface area contributed by atoms with Crippen molar-refractivity contribution in [1.29, 1.82) is 0 Å². The Hall–Kier alpha value is -0.828. The fraction of sp³-hybridized carbons (Fsp3) is 0.556. The molecule has 0 amide bonds. The van der Waals surface area contributed by atoms with E-state index in [-0.39, 0.29) is 0 Å². The molecule has 1 aliphatic heterocycles. The zero-order valence-corrected chi connectivity index (χ0v) is 11.0. The van der Waals surface area contributed by atoms with Crippen molar-refractivity contribution in [3.8, 4) is 0 Å². The standard InChI is InChI=1S/C8H3F9.CF3.Al/c9-6(10,11)3-1-5(8(15,16)17)2-4-7(12,13)14;2-1(3)4;/h1-3H;;. The third-order valence-corrected chi connectivity index (χ3v) is 5.91. The molecule has 0 saturated heterocycles. The molecule has 1 rings (SSSR count). The molecule has 126 valence electrons. The van der Waals surface area contributed by atoms with Gasteiger partial charge in [-0.15, -0.1) is 0 Å². The normalized spacial score (nSPS) is 21.6. The third kappa shape index (κ3) is 4.13. The van der Waals surface area contributed by atoms with Crippen LogP contribution in [0.5, 0.6) is 0 Å². The zero-order chi connectivity index (χ0) is 17.7. The highest BCUT2D eigenvalue weighted by atomic mass is 27.2. The smallest absolute Gasteiger partial charge is 0.190 e.